The third-order valence-electron chi connectivity index (χ3n) is 4.27. The van der Waals surface area contributed by atoms with Gasteiger partial charge in [0.15, 0.2) is 0 Å². The van der Waals surface area contributed by atoms with Crippen LogP contribution in [-0.4, -0.2) is 67.7 Å². The standard InChI is InChI=1S/C13H26N4O/c1-13(2,14-3)9-17-8-11(15-12(17)18)10-5-6-16(4)7-10/h10-11,14H,5-9H2,1-4H3,(H,15,18). The van der Waals surface area contributed by atoms with Crippen LogP contribution in [-0.2, 0) is 0 Å². The number of carbonyl (C=O) groups excluding carboxylic acids is 1. The van der Waals surface area contributed by atoms with Crippen molar-refractivity contribution in [1.29, 1.82) is 0 Å². The number of hydrogen-bond acceptors (Lipinski definition) is 3. The molecule has 104 valence electrons. The van der Waals surface area contributed by atoms with Gasteiger partial charge in [-0.3, -0.25) is 0 Å². The summed E-state index contributed by atoms with van der Waals surface area (Å²) in [5.74, 6) is 0.613. The summed E-state index contributed by atoms with van der Waals surface area (Å²) in [6, 6.07) is 0.424. The Hall–Kier alpha value is -0.810. The molecule has 2 saturated heterocycles. The Kier molecular flexibility index (Phi) is 3.82. The van der Waals surface area contributed by atoms with Gasteiger partial charge in [-0.05, 0) is 46.8 Å². The number of rotatable bonds is 4. The first kappa shape index (κ1) is 13.6. The smallest absolute Gasteiger partial charge is 0.317 e. The van der Waals surface area contributed by atoms with Crippen molar-refractivity contribution in [2.75, 3.05) is 40.3 Å². The summed E-state index contributed by atoms with van der Waals surface area (Å²) < 4.78 is 0. The van der Waals surface area contributed by atoms with Crippen LogP contribution in [0.5, 0.6) is 0 Å². The van der Waals surface area contributed by atoms with E-state index in [1.165, 1.54) is 6.42 Å². The second-order valence-electron chi connectivity index (χ2n) is 6.38. The minimum absolute atomic E-state index is 0.0291. The average Bonchev–Trinajstić information content (AvgIpc) is 2.86. The lowest BCUT2D eigenvalue weighted by molar-refractivity contribution is 0.200. The molecule has 0 radical (unpaired) electrons. The van der Waals surface area contributed by atoms with Crippen LogP contribution in [0, 0.1) is 5.92 Å². The van der Waals surface area contributed by atoms with Crippen molar-refractivity contribution in [3.05, 3.63) is 0 Å². The van der Waals surface area contributed by atoms with E-state index in [0.29, 0.717) is 12.0 Å². The Morgan fingerprint density at radius 3 is 2.72 bits per heavy atom. The summed E-state index contributed by atoms with van der Waals surface area (Å²) in [4.78, 5) is 16.3. The summed E-state index contributed by atoms with van der Waals surface area (Å²) in [6.07, 6.45) is 1.20. The van der Waals surface area contributed by atoms with E-state index in [9.17, 15) is 4.79 Å². The molecule has 2 aliphatic rings. The van der Waals surface area contributed by atoms with Crippen LogP contribution in [0.25, 0.3) is 0 Å². The highest BCUT2D eigenvalue weighted by Gasteiger charge is 2.38. The Balaban J connectivity index is 1.91. The van der Waals surface area contributed by atoms with Crippen LogP contribution in [0.4, 0.5) is 4.79 Å². The van der Waals surface area contributed by atoms with Crippen molar-refractivity contribution >= 4 is 6.03 Å². The third-order valence-corrected chi connectivity index (χ3v) is 4.27. The highest BCUT2D eigenvalue weighted by atomic mass is 16.2. The van der Waals surface area contributed by atoms with Gasteiger partial charge in [-0.2, -0.15) is 0 Å². The van der Waals surface area contributed by atoms with Gasteiger partial charge in [0, 0.05) is 25.2 Å². The topological polar surface area (TPSA) is 47.6 Å². The summed E-state index contributed by atoms with van der Waals surface area (Å²) in [5.41, 5.74) is -0.0291. The molecule has 0 aromatic rings. The van der Waals surface area contributed by atoms with Gasteiger partial charge in [-0.25, -0.2) is 4.79 Å². The van der Waals surface area contributed by atoms with Crippen molar-refractivity contribution in [1.82, 2.24) is 20.4 Å². The average molecular weight is 254 g/mol. The molecule has 18 heavy (non-hydrogen) atoms. The van der Waals surface area contributed by atoms with Gasteiger partial charge in [0.05, 0.1) is 6.04 Å². The lowest BCUT2D eigenvalue weighted by Crippen LogP contribution is -2.48. The molecule has 2 heterocycles. The van der Waals surface area contributed by atoms with Gasteiger partial charge in [-0.1, -0.05) is 0 Å². The molecule has 0 spiro atoms. The van der Waals surface area contributed by atoms with Crippen LogP contribution < -0.4 is 10.6 Å². The molecule has 0 saturated carbocycles. The van der Waals surface area contributed by atoms with Crippen LogP contribution in [0.1, 0.15) is 20.3 Å². The Morgan fingerprint density at radius 2 is 2.17 bits per heavy atom. The van der Waals surface area contributed by atoms with E-state index in [2.05, 4.69) is 36.4 Å². The monoisotopic (exact) mass is 254 g/mol. The third kappa shape index (κ3) is 2.95. The molecule has 2 aliphatic heterocycles. The molecule has 2 amide bonds. The lowest BCUT2D eigenvalue weighted by Gasteiger charge is -2.29. The highest BCUT2D eigenvalue weighted by Crippen LogP contribution is 2.23. The molecular weight excluding hydrogens is 228 g/mol. The van der Waals surface area contributed by atoms with Crippen LogP contribution in [0.2, 0.25) is 0 Å². The van der Waals surface area contributed by atoms with E-state index in [0.717, 1.165) is 26.2 Å². The summed E-state index contributed by atoms with van der Waals surface area (Å²) in [6.45, 7) is 8.11. The molecule has 2 unspecified atom stereocenters. The van der Waals surface area contributed by atoms with Gasteiger partial charge in [0.2, 0.25) is 0 Å². The predicted octanol–water partition coefficient (Wildman–Crippen LogP) is 0.330. The van der Waals surface area contributed by atoms with Gasteiger partial charge in [-0.15, -0.1) is 0 Å². The van der Waals surface area contributed by atoms with E-state index in [1.807, 2.05) is 11.9 Å². The van der Waals surface area contributed by atoms with E-state index >= 15 is 0 Å². The number of nitrogens with one attached hydrogen (secondary N) is 2. The fourth-order valence-corrected chi connectivity index (χ4v) is 2.87. The zero-order valence-electron chi connectivity index (χ0n) is 12.0. The van der Waals surface area contributed by atoms with Crippen molar-refractivity contribution in [3.63, 3.8) is 0 Å². The SMILES string of the molecule is CNC(C)(C)CN1CC(C2CCN(C)C2)NC1=O. The van der Waals surface area contributed by atoms with Crippen LogP contribution in [0.3, 0.4) is 0 Å². The summed E-state index contributed by atoms with van der Waals surface area (Å²) >= 11 is 0. The number of carbonyl (C=O) groups is 1. The second kappa shape index (κ2) is 5.05. The molecule has 5 heteroatoms. The molecule has 0 aromatic heterocycles. The van der Waals surface area contributed by atoms with E-state index in [1.54, 1.807) is 0 Å². The molecule has 2 rings (SSSR count). The maximum absolute atomic E-state index is 12.0. The fraction of sp³-hybridized carbons (Fsp3) is 0.923. The first-order valence-corrected chi connectivity index (χ1v) is 6.84. The molecular formula is C13H26N4O. The molecule has 2 N–H and O–H groups in total. The maximum Gasteiger partial charge on any atom is 0.317 e. The first-order chi connectivity index (χ1) is 8.41. The Bertz CT molecular complexity index is 318. The number of nitrogens with zero attached hydrogens (tertiary/aromatic N) is 2. The largest absolute Gasteiger partial charge is 0.333 e. The first-order valence-electron chi connectivity index (χ1n) is 6.84. The summed E-state index contributed by atoms with van der Waals surface area (Å²) in [5, 5.41) is 6.40. The predicted molar refractivity (Wildman–Crippen MR) is 72.6 cm³/mol. The normalized spacial score (nSPS) is 30.0. The number of likely N-dealkylation sites (tertiary alicyclic amines) is 1. The molecule has 0 aliphatic carbocycles. The molecule has 5 nitrogen and oxygen atoms in total. The minimum Gasteiger partial charge on any atom is -0.333 e. The number of hydrogen-bond donors (Lipinski definition) is 2. The number of urea groups is 1. The molecule has 2 atom stereocenters. The van der Waals surface area contributed by atoms with Gasteiger partial charge >= 0.3 is 6.03 Å². The zero-order chi connectivity index (χ0) is 13.3. The second-order valence-corrected chi connectivity index (χ2v) is 6.38. The van der Waals surface area contributed by atoms with E-state index < -0.39 is 0 Å². The Morgan fingerprint density at radius 1 is 1.44 bits per heavy atom. The fourth-order valence-electron chi connectivity index (χ4n) is 2.87. The summed E-state index contributed by atoms with van der Waals surface area (Å²) in [7, 11) is 4.09. The molecule has 0 bridgehead atoms. The molecule has 2 fully saturated rings. The molecule has 0 aromatic carbocycles. The van der Waals surface area contributed by atoms with Gasteiger partial charge < -0.3 is 20.4 Å². The Labute approximate surface area is 110 Å². The van der Waals surface area contributed by atoms with Gasteiger partial charge in [0.1, 0.15) is 0 Å². The van der Waals surface area contributed by atoms with E-state index in [4.69, 9.17) is 0 Å². The van der Waals surface area contributed by atoms with Crippen LogP contribution >= 0.6 is 0 Å². The van der Waals surface area contributed by atoms with Crippen molar-refractivity contribution in [2.24, 2.45) is 5.92 Å². The van der Waals surface area contributed by atoms with Crippen LogP contribution in [0.15, 0.2) is 0 Å². The highest BCUT2D eigenvalue weighted by molar-refractivity contribution is 5.77. The minimum atomic E-state index is -0.0291. The quantitative estimate of drug-likeness (QED) is 0.760. The van der Waals surface area contributed by atoms with Crippen molar-refractivity contribution < 1.29 is 4.79 Å². The maximum atomic E-state index is 12.0. The number of likely N-dealkylation sites (N-methyl/N-ethyl adjacent to an activating group) is 1. The number of amides is 2. The lowest BCUT2D eigenvalue weighted by atomic mass is 9.99. The van der Waals surface area contributed by atoms with Crippen molar-refractivity contribution in [3.8, 4) is 0 Å². The zero-order valence-corrected chi connectivity index (χ0v) is 12.0. The van der Waals surface area contributed by atoms with Gasteiger partial charge in [0.25, 0.3) is 0 Å². The van der Waals surface area contributed by atoms with E-state index in [-0.39, 0.29) is 11.6 Å². The van der Waals surface area contributed by atoms with Crippen molar-refractivity contribution in [2.45, 2.75) is 31.8 Å².